The van der Waals surface area contributed by atoms with E-state index in [0.29, 0.717) is 23.1 Å². The molecular weight excluding hydrogens is 460 g/mol. The van der Waals surface area contributed by atoms with Crippen LogP contribution in [-0.2, 0) is 6.61 Å². The van der Waals surface area contributed by atoms with Gasteiger partial charge in [0.25, 0.3) is 0 Å². The lowest BCUT2D eigenvalue weighted by atomic mass is 9.84. The fourth-order valence-corrected chi connectivity index (χ4v) is 5.62. The molecule has 0 spiro atoms. The standard InChI is InChI=1S/C31H28N4O2/c1-2-3-20-6-14-25(15-7-20)35-28-26-16-17-32-30(26)33-18-27(28)34-31(35)24-12-10-23(11-13-24)29(37)22-8-4-21(19-36)5-9-22/h1,4-5,8-13,16-18,20,25,36H,3,6-7,14-15,19H2,(H,32,33)/t20-,25-. The quantitative estimate of drug-likeness (QED) is 0.225. The van der Waals surface area contributed by atoms with Crippen molar-refractivity contribution in [3.63, 3.8) is 0 Å². The number of carbonyl (C=O) groups is 1. The number of fused-ring (bicyclic) bond motifs is 3. The van der Waals surface area contributed by atoms with Crippen molar-refractivity contribution in [3.8, 4) is 23.7 Å². The summed E-state index contributed by atoms with van der Waals surface area (Å²) in [5.74, 6) is 4.28. The van der Waals surface area contributed by atoms with Gasteiger partial charge in [-0.15, -0.1) is 12.3 Å². The van der Waals surface area contributed by atoms with E-state index >= 15 is 0 Å². The summed E-state index contributed by atoms with van der Waals surface area (Å²) in [6, 6.07) is 17.2. The number of aliphatic hydroxyl groups is 1. The van der Waals surface area contributed by atoms with Gasteiger partial charge in [-0.1, -0.05) is 48.5 Å². The third kappa shape index (κ3) is 4.22. The molecule has 0 aliphatic heterocycles. The van der Waals surface area contributed by atoms with Crippen molar-refractivity contribution in [3.05, 3.63) is 83.7 Å². The van der Waals surface area contributed by atoms with Gasteiger partial charge in [-0.2, -0.15) is 0 Å². The van der Waals surface area contributed by atoms with Crippen molar-refractivity contribution in [2.75, 3.05) is 0 Å². The first-order chi connectivity index (χ1) is 18.2. The average molecular weight is 489 g/mol. The maximum Gasteiger partial charge on any atom is 0.193 e. The molecule has 2 aromatic carbocycles. The molecule has 1 aliphatic rings. The number of nitrogens with zero attached hydrogens (tertiary/aromatic N) is 3. The summed E-state index contributed by atoms with van der Waals surface area (Å²) in [6.07, 6.45) is 14.5. The molecule has 184 valence electrons. The van der Waals surface area contributed by atoms with Crippen molar-refractivity contribution < 1.29 is 9.90 Å². The van der Waals surface area contributed by atoms with E-state index in [-0.39, 0.29) is 12.4 Å². The Balaban J connectivity index is 1.39. The molecule has 0 unspecified atom stereocenters. The van der Waals surface area contributed by atoms with E-state index in [1.807, 2.05) is 36.7 Å². The Morgan fingerprint density at radius 3 is 2.41 bits per heavy atom. The summed E-state index contributed by atoms with van der Waals surface area (Å²) in [6.45, 7) is -0.0414. The lowest BCUT2D eigenvalue weighted by molar-refractivity contribution is 0.103. The Morgan fingerprint density at radius 2 is 1.73 bits per heavy atom. The number of pyridine rings is 1. The molecule has 2 N–H and O–H groups in total. The summed E-state index contributed by atoms with van der Waals surface area (Å²) >= 11 is 0. The molecule has 0 amide bonds. The van der Waals surface area contributed by atoms with Gasteiger partial charge in [0.1, 0.15) is 17.0 Å². The van der Waals surface area contributed by atoms with Gasteiger partial charge in [0.2, 0.25) is 0 Å². The highest BCUT2D eigenvalue weighted by Crippen LogP contribution is 2.40. The van der Waals surface area contributed by atoms with Gasteiger partial charge in [0, 0.05) is 40.7 Å². The number of hydrogen-bond donors (Lipinski definition) is 2. The SMILES string of the molecule is C#CC[C@H]1CC[C@H](n2c(-c3ccc(C(=O)c4ccc(CO)cc4)cc3)nc3cnc4[nH]ccc4c32)CC1. The van der Waals surface area contributed by atoms with Crippen LogP contribution in [0.3, 0.4) is 0 Å². The summed E-state index contributed by atoms with van der Waals surface area (Å²) in [7, 11) is 0. The lowest BCUT2D eigenvalue weighted by Crippen LogP contribution is -2.19. The van der Waals surface area contributed by atoms with Crippen LogP contribution in [0.1, 0.15) is 59.6 Å². The van der Waals surface area contributed by atoms with E-state index in [9.17, 15) is 9.90 Å². The predicted octanol–water partition coefficient (Wildman–Crippen LogP) is 6.06. The maximum atomic E-state index is 13.0. The van der Waals surface area contributed by atoms with E-state index in [0.717, 1.165) is 71.1 Å². The van der Waals surface area contributed by atoms with Crippen molar-refractivity contribution in [2.24, 2.45) is 5.92 Å². The molecule has 3 aromatic heterocycles. The molecule has 1 aliphatic carbocycles. The first-order valence-corrected chi connectivity index (χ1v) is 12.8. The van der Waals surface area contributed by atoms with Crippen LogP contribution < -0.4 is 0 Å². The van der Waals surface area contributed by atoms with Gasteiger partial charge >= 0.3 is 0 Å². The van der Waals surface area contributed by atoms with Gasteiger partial charge in [-0.3, -0.25) is 4.79 Å². The number of aliphatic hydroxyl groups excluding tert-OH is 1. The lowest BCUT2D eigenvalue weighted by Gasteiger charge is -2.30. The van der Waals surface area contributed by atoms with Crippen molar-refractivity contribution in [1.29, 1.82) is 0 Å². The first kappa shape index (κ1) is 23.2. The Morgan fingerprint density at radius 1 is 1.03 bits per heavy atom. The van der Waals surface area contributed by atoms with Crippen LogP contribution in [0.15, 0.2) is 67.0 Å². The molecule has 1 fully saturated rings. The minimum Gasteiger partial charge on any atom is -0.392 e. The second kappa shape index (κ2) is 9.68. The Kier molecular flexibility index (Phi) is 6.07. The molecule has 0 saturated heterocycles. The average Bonchev–Trinajstić information content (AvgIpc) is 3.58. The Hall–Kier alpha value is -4.21. The minimum absolute atomic E-state index is 0.0414. The highest BCUT2D eigenvalue weighted by molar-refractivity contribution is 6.09. The van der Waals surface area contributed by atoms with Crippen molar-refractivity contribution in [1.82, 2.24) is 19.5 Å². The number of carbonyl (C=O) groups excluding carboxylic acids is 1. The summed E-state index contributed by atoms with van der Waals surface area (Å²) in [5.41, 5.74) is 5.80. The molecule has 0 radical (unpaired) electrons. The molecule has 3 heterocycles. The van der Waals surface area contributed by atoms with E-state index in [1.165, 1.54) is 0 Å². The second-order valence-electron chi connectivity index (χ2n) is 9.88. The normalized spacial score (nSPS) is 17.7. The van der Waals surface area contributed by atoms with Crippen LogP contribution in [0, 0.1) is 18.3 Å². The summed E-state index contributed by atoms with van der Waals surface area (Å²) in [5, 5.41) is 10.3. The molecule has 6 nitrogen and oxygen atoms in total. The van der Waals surface area contributed by atoms with Gasteiger partial charge in [0.15, 0.2) is 5.78 Å². The number of aromatic amines is 1. The first-order valence-electron chi connectivity index (χ1n) is 12.8. The van der Waals surface area contributed by atoms with Gasteiger partial charge in [-0.05, 0) is 43.2 Å². The highest BCUT2D eigenvalue weighted by atomic mass is 16.3. The van der Waals surface area contributed by atoms with Gasteiger partial charge in [-0.25, -0.2) is 9.97 Å². The zero-order valence-corrected chi connectivity index (χ0v) is 20.5. The van der Waals surface area contributed by atoms with Gasteiger partial charge < -0.3 is 14.7 Å². The van der Waals surface area contributed by atoms with Crippen LogP contribution in [0.4, 0.5) is 0 Å². The molecule has 6 rings (SSSR count). The van der Waals surface area contributed by atoms with Crippen LogP contribution in [0.25, 0.3) is 33.5 Å². The molecule has 6 heteroatoms. The number of ketones is 1. The van der Waals surface area contributed by atoms with Gasteiger partial charge in [0.05, 0.1) is 18.3 Å². The molecule has 5 aromatic rings. The van der Waals surface area contributed by atoms with Crippen LogP contribution in [0.2, 0.25) is 0 Å². The smallest absolute Gasteiger partial charge is 0.193 e. The van der Waals surface area contributed by atoms with E-state index < -0.39 is 0 Å². The maximum absolute atomic E-state index is 13.0. The Labute approximate surface area is 215 Å². The van der Waals surface area contributed by atoms with Crippen LogP contribution in [-0.4, -0.2) is 30.4 Å². The molecule has 0 bridgehead atoms. The summed E-state index contributed by atoms with van der Waals surface area (Å²) in [4.78, 5) is 25.9. The van der Waals surface area contributed by atoms with E-state index in [1.54, 1.807) is 24.3 Å². The number of hydrogen-bond acceptors (Lipinski definition) is 4. The predicted molar refractivity (Wildman–Crippen MR) is 145 cm³/mol. The Bertz CT molecular complexity index is 1610. The van der Waals surface area contributed by atoms with Crippen LogP contribution in [0.5, 0.6) is 0 Å². The largest absolute Gasteiger partial charge is 0.392 e. The fraction of sp³-hybridized carbons (Fsp3) is 0.258. The molecule has 37 heavy (non-hydrogen) atoms. The van der Waals surface area contributed by atoms with Crippen molar-refractivity contribution >= 4 is 27.9 Å². The number of aromatic nitrogens is 4. The number of H-pyrrole nitrogens is 1. The monoisotopic (exact) mass is 488 g/mol. The highest BCUT2D eigenvalue weighted by Gasteiger charge is 2.27. The number of rotatable bonds is 6. The summed E-state index contributed by atoms with van der Waals surface area (Å²) < 4.78 is 2.39. The van der Waals surface area contributed by atoms with E-state index in [2.05, 4.69) is 26.5 Å². The third-order valence-electron chi connectivity index (χ3n) is 7.63. The number of terminal acetylenes is 1. The zero-order chi connectivity index (χ0) is 25.4. The number of imidazole rings is 1. The molecular formula is C31H28N4O2. The minimum atomic E-state index is -0.0467. The number of benzene rings is 2. The zero-order valence-electron chi connectivity index (χ0n) is 20.5. The number of nitrogens with one attached hydrogen (secondary N) is 1. The topological polar surface area (TPSA) is 83.8 Å². The molecule has 0 atom stereocenters. The van der Waals surface area contributed by atoms with E-state index in [4.69, 9.17) is 11.4 Å². The fourth-order valence-electron chi connectivity index (χ4n) is 5.62. The third-order valence-corrected chi connectivity index (χ3v) is 7.63. The second-order valence-corrected chi connectivity index (χ2v) is 9.88. The van der Waals surface area contributed by atoms with Crippen LogP contribution >= 0.6 is 0 Å². The van der Waals surface area contributed by atoms with Crippen molar-refractivity contribution in [2.45, 2.75) is 44.8 Å². The molecule has 1 saturated carbocycles.